The molecule has 3 heteroatoms. The third-order valence-corrected chi connectivity index (χ3v) is 4.27. The Morgan fingerprint density at radius 1 is 1.10 bits per heavy atom. The molecule has 0 aromatic heterocycles. The summed E-state index contributed by atoms with van der Waals surface area (Å²) in [6.07, 6.45) is 8.57. The zero-order chi connectivity index (χ0) is 15.1. The van der Waals surface area contributed by atoms with E-state index < -0.39 is 0 Å². The summed E-state index contributed by atoms with van der Waals surface area (Å²) in [5.74, 6) is -0.278. The smallest absolute Gasteiger partial charge is 0.309 e. The van der Waals surface area contributed by atoms with Crippen LogP contribution in [0.1, 0.15) is 70.0 Å². The molecule has 0 bridgehead atoms. The van der Waals surface area contributed by atoms with Crippen LogP contribution in [0.2, 0.25) is 0 Å². The first-order valence-corrected chi connectivity index (χ1v) is 8.16. The SMILES string of the molecule is CCCCCCCC1CCC(c2ccc(F)cc2)OC1=O. The predicted molar refractivity (Wildman–Crippen MR) is 81.3 cm³/mol. The molecule has 2 nitrogen and oxygen atoms in total. The van der Waals surface area contributed by atoms with Gasteiger partial charge in [-0.25, -0.2) is 4.39 Å². The summed E-state index contributed by atoms with van der Waals surface area (Å²) in [4.78, 5) is 12.1. The topological polar surface area (TPSA) is 26.3 Å². The Morgan fingerprint density at radius 2 is 1.81 bits per heavy atom. The Morgan fingerprint density at radius 3 is 2.48 bits per heavy atom. The Labute approximate surface area is 126 Å². The van der Waals surface area contributed by atoms with Crippen LogP contribution in [0.5, 0.6) is 0 Å². The molecule has 0 saturated carbocycles. The quantitative estimate of drug-likeness (QED) is 0.511. The monoisotopic (exact) mass is 292 g/mol. The van der Waals surface area contributed by atoms with Crippen molar-refractivity contribution >= 4 is 5.97 Å². The van der Waals surface area contributed by atoms with Crippen LogP contribution in [-0.2, 0) is 9.53 Å². The normalized spacial score (nSPS) is 22.1. The summed E-state index contributed by atoms with van der Waals surface area (Å²) in [7, 11) is 0. The van der Waals surface area contributed by atoms with Crippen molar-refractivity contribution < 1.29 is 13.9 Å². The number of carbonyl (C=O) groups excluding carboxylic acids is 1. The van der Waals surface area contributed by atoms with Gasteiger partial charge in [0, 0.05) is 0 Å². The lowest BCUT2D eigenvalue weighted by atomic mass is 9.90. The second kappa shape index (κ2) is 8.16. The average molecular weight is 292 g/mol. The number of hydrogen-bond acceptors (Lipinski definition) is 2. The van der Waals surface area contributed by atoms with Gasteiger partial charge in [-0.05, 0) is 37.0 Å². The molecular weight excluding hydrogens is 267 g/mol. The van der Waals surface area contributed by atoms with Gasteiger partial charge in [-0.1, -0.05) is 51.2 Å². The molecule has 116 valence electrons. The standard InChI is InChI=1S/C18H25FO2/c1-2-3-4-5-6-7-15-10-13-17(21-18(15)20)14-8-11-16(19)12-9-14/h8-9,11-12,15,17H,2-7,10,13H2,1H3. The summed E-state index contributed by atoms with van der Waals surface area (Å²) >= 11 is 0. The molecule has 1 aromatic carbocycles. The first-order valence-electron chi connectivity index (χ1n) is 8.16. The number of carbonyl (C=O) groups is 1. The van der Waals surface area contributed by atoms with Crippen LogP contribution >= 0.6 is 0 Å². The van der Waals surface area contributed by atoms with Crippen LogP contribution in [0, 0.1) is 11.7 Å². The maximum Gasteiger partial charge on any atom is 0.309 e. The van der Waals surface area contributed by atoms with Crippen molar-refractivity contribution in [3.63, 3.8) is 0 Å². The number of benzene rings is 1. The molecule has 1 fully saturated rings. The maximum atomic E-state index is 12.9. The van der Waals surface area contributed by atoms with Gasteiger partial charge in [0.25, 0.3) is 0 Å². The zero-order valence-electron chi connectivity index (χ0n) is 12.8. The molecule has 1 heterocycles. The van der Waals surface area contributed by atoms with Gasteiger partial charge >= 0.3 is 5.97 Å². The van der Waals surface area contributed by atoms with Gasteiger partial charge in [0.15, 0.2) is 0 Å². The van der Waals surface area contributed by atoms with Crippen LogP contribution in [0.15, 0.2) is 24.3 Å². The van der Waals surface area contributed by atoms with Crippen molar-refractivity contribution in [1.29, 1.82) is 0 Å². The van der Waals surface area contributed by atoms with E-state index in [0.717, 1.165) is 31.2 Å². The fourth-order valence-corrected chi connectivity index (χ4v) is 2.93. The summed E-state index contributed by atoms with van der Waals surface area (Å²) in [5, 5.41) is 0. The summed E-state index contributed by atoms with van der Waals surface area (Å²) in [6, 6.07) is 6.25. The second-order valence-corrected chi connectivity index (χ2v) is 5.95. The van der Waals surface area contributed by atoms with Gasteiger partial charge in [0.2, 0.25) is 0 Å². The minimum atomic E-state index is -0.258. The molecule has 1 aromatic rings. The van der Waals surface area contributed by atoms with Gasteiger partial charge in [-0.3, -0.25) is 4.79 Å². The number of halogens is 1. The van der Waals surface area contributed by atoms with Crippen LogP contribution in [0.4, 0.5) is 4.39 Å². The maximum absolute atomic E-state index is 12.9. The van der Waals surface area contributed by atoms with E-state index in [1.54, 1.807) is 12.1 Å². The summed E-state index contributed by atoms with van der Waals surface area (Å²) in [5.41, 5.74) is 0.895. The second-order valence-electron chi connectivity index (χ2n) is 5.95. The Kier molecular flexibility index (Phi) is 6.21. The van der Waals surface area contributed by atoms with Gasteiger partial charge < -0.3 is 4.74 Å². The van der Waals surface area contributed by atoms with E-state index in [-0.39, 0.29) is 23.8 Å². The highest BCUT2D eigenvalue weighted by Gasteiger charge is 2.30. The highest BCUT2D eigenvalue weighted by atomic mass is 19.1. The Hall–Kier alpha value is -1.38. The van der Waals surface area contributed by atoms with Gasteiger partial charge in [-0.15, -0.1) is 0 Å². The third kappa shape index (κ3) is 4.83. The summed E-state index contributed by atoms with van der Waals surface area (Å²) in [6.45, 7) is 2.20. The number of ether oxygens (including phenoxy) is 1. The van der Waals surface area contributed by atoms with Gasteiger partial charge in [-0.2, -0.15) is 0 Å². The molecule has 1 saturated heterocycles. The van der Waals surface area contributed by atoms with Crippen LogP contribution < -0.4 is 0 Å². The van der Waals surface area contributed by atoms with Crippen molar-refractivity contribution in [1.82, 2.24) is 0 Å². The first-order chi connectivity index (χ1) is 10.2. The highest BCUT2D eigenvalue weighted by Crippen LogP contribution is 2.33. The van der Waals surface area contributed by atoms with E-state index in [0.29, 0.717) is 0 Å². The van der Waals surface area contributed by atoms with Crippen LogP contribution in [0.3, 0.4) is 0 Å². The largest absolute Gasteiger partial charge is 0.457 e. The molecule has 0 radical (unpaired) electrons. The predicted octanol–water partition coefficient (Wildman–Crippen LogP) is 5.18. The van der Waals surface area contributed by atoms with E-state index in [2.05, 4.69) is 6.92 Å². The number of esters is 1. The van der Waals surface area contributed by atoms with E-state index in [1.807, 2.05) is 0 Å². The first kappa shape index (κ1) is 16.0. The van der Waals surface area contributed by atoms with Crippen molar-refractivity contribution in [3.05, 3.63) is 35.6 Å². The van der Waals surface area contributed by atoms with E-state index >= 15 is 0 Å². The lowest BCUT2D eigenvalue weighted by Gasteiger charge is -2.28. The Bertz CT molecular complexity index is 441. The summed E-state index contributed by atoms with van der Waals surface area (Å²) < 4.78 is 18.5. The van der Waals surface area contributed by atoms with Crippen molar-refractivity contribution in [2.24, 2.45) is 5.92 Å². The number of unbranched alkanes of at least 4 members (excludes halogenated alkanes) is 4. The minimum absolute atomic E-state index is 0.0586. The lowest BCUT2D eigenvalue weighted by Crippen LogP contribution is -2.26. The fourth-order valence-electron chi connectivity index (χ4n) is 2.93. The molecule has 0 spiro atoms. The molecule has 0 aliphatic carbocycles. The van der Waals surface area contributed by atoms with Crippen LogP contribution in [0.25, 0.3) is 0 Å². The van der Waals surface area contributed by atoms with E-state index in [9.17, 15) is 9.18 Å². The fraction of sp³-hybridized carbons (Fsp3) is 0.611. The Balaban J connectivity index is 1.76. The molecule has 2 rings (SSSR count). The molecule has 0 amide bonds. The van der Waals surface area contributed by atoms with Crippen molar-refractivity contribution in [3.8, 4) is 0 Å². The molecule has 1 aliphatic heterocycles. The zero-order valence-corrected chi connectivity index (χ0v) is 12.8. The number of rotatable bonds is 7. The molecule has 2 atom stereocenters. The molecular formula is C18H25FO2. The molecule has 2 unspecified atom stereocenters. The molecule has 21 heavy (non-hydrogen) atoms. The minimum Gasteiger partial charge on any atom is -0.457 e. The van der Waals surface area contributed by atoms with E-state index in [1.165, 1.54) is 37.8 Å². The third-order valence-electron chi connectivity index (χ3n) is 4.27. The average Bonchev–Trinajstić information content (AvgIpc) is 2.49. The van der Waals surface area contributed by atoms with Crippen molar-refractivity contribution in [2.45, 2.75) is 64.4 Å². The lowest BCUT2D eigenvalue weighted by molar-refractivity contribution is -0.161. The molecule has 1 aliphatic rings. The van der Waals surface area contributed by atoms with Gasteiger partial charge in [0.05, 0.1) is 5.92 Å². The highest BCUT2D eigenvalue weighted by molar-refractivity contribution is 5.73. The van der Waals surface area contributed by atoms with Gasteiger partial charge in [0.1, 0.15) is 11.9 Å². The number of hydrogen-bond donors (Lipinski definition) is 0. The van der Waals surface area contributed by atoms with Crippen LogP contribution in [-0.4, -0.2) is 5.97 Å². The van der Waals surface area contributed by atoms with E-state index in [4.69, 9.17) is 4.74 Å². The molecule has 0 N–H and O–H groups in total. The van der Waals surface area contributed by atoms with Crippen molar-refractivity contribution in [2.75, 3.05) is 0 Å². The number of cyclic esters (lactones) is 1.